The Kier molecular flexibility index (Phi) is 6.05. The van der Waals surface area contributed by atoms with Crippen molar-refractivity contribution in [3.05, 3.63) is 24.3 Å². The average Bonchev–Trinajstić information content (AvgIpc) is 2.42. The summed E-state index contributed by atoms with van der Waals surface area (Å²) < 4.78 is 5.31. The molecule has 2 rings (SSSR count). The Bertz CT molecular complexity index is 383. The summed E-state index contributed by atoms with van der Waals surface area (Å²) in [4.78, 5) is 1.32. The number of thioether (sulfide) groups is 1. The highest BCUT2D eigenvalue weighted by Crippen LogP contribution is 2.33. The van der Waals surface area contributed by atoms with Crippen molar-refractivity contribution < 1.29 is 4.74 Å². The fourth-order valence-corrected chi connectivity index (χ4v) is 4.18. The van der Waals surface area contributed by atoms with Crippen molar-refractivity contribution in [2.24, 2.45) is 0 Å². The van der Waals surface area contributed by atoms with Crippen molar-refractivity contribution in [3.8, 4) is 5.75 Å². The molecule has 1 aromatic rings. The molecule has 1 fully saturated rings. The molecular weight excluding hydrogens is 254 g/mol. The van der Waals surface area contributed by atoms with Crippen LogP contribution in [-0.4, -0.2) is 25.4 Å². The zero-order valence-corrected chi connectivity index (χ0v) is 12.8. The van der Waals surface area contributed by atoms with Crippen molar-refractivity contribution in [1.29, 1.82) is 0 Å². The Morgan fingerprint density at radius 1 is 1.16 bits per heavy atom. The second-order valence-corrected chi connectivity index (χ2v) is 6.53. The standard InChI is InChI=1S/C16H25NOS/c1-17-15-10-5-3-4-6-11-16(15)19-14-9-7-8-13(12-14)18-2/h7-9,12,15-17H,3-6,10-11H2,1-2H3. The van der Waals surface area contributed by atoms with Gasteiger partial charge in [0, 0.05) is 16.2 Å². The first-order valence-corrected chi connectivity index (χ1v) is 8.19. The Morgan fingerprint density at radius 2 is 1.95 bits per heavy atom. The van der Waals surface area contributed by atoms with E-state index in [-0.39, 0.29) is 0 Å². The van der Waals surface area contributed by atoms with Gasteiger partial charge in [0.05, 0.1) is 7.11 Å². The van der Waals surface area contributed by atoms with Crippen LogP contribution in [0.2, 0.25) is 0 Å². The second kappa shape index (κ2) is 7.81. The molecule has 3 heteroatoms. The highest BCUT2D eigenvalue weighted by molar-refractivity contribution is 8.00. The van der Waals surface area contributed by atoms with E-state index in [1.807, 2.05) is 17.8 Å². The molecule has 0 bridgehead atoms. The molecule has 0 saturated heterocycles. The molecule has 1 saturated carbocycles. The number of hydrogen-bond acceptors (Lipinski definition) is 3. The second-order valence-electron chi connectivity index (χ2n) is 5.22. The highest BCUT2D eigenvalue weighted by Gasteiger charge is 2.22. The number of benzene rings is 1. The summed E-state index contributed by atoms with van der Waals surface area (Å²) in [6, 6.07) is 9.07. The molecule has 0 aromatic heterocycles. The summed E-state index contributed by atoms with van der Waals surface area (Å²) in [5.41, 5.74) is 0. The number of methoxy groups -OCH3 is 1. The monoisotopic (exact) mass is 279 g/mol. The SMILES string of the molecule is CNC1CCCCCCC1Sc1cccc(OC)c1. The topological polar surface area (TPSA) is 21.3 Å². The van der Waals surface area contributed by atoms with Gasteiger partial charge in [-0.05, 0) is 38.1 Å². The summed E-state index contributed by atoms with van der Waals surface area (Å²) in [5, 5.41) is 4.20. The summed E-state index contributed by atoms with van der Waals surface area (Å²) in [6.45, 7) is 0. The molecule has 1 aliphatic rings. The lowest BCUT2D eigenvalue weighted by Gasteiger charge is -2.28. The molecule has 2 unspecified atom stereocenters. The van der Waals surface area contributed by atoms with Crippen LogP contribution in [0.25, 0.3) is 0 Å². The number of ether oxygens (including phenoxy) is 1. The molecule has 1 aromatic carbocycles. The molecule has 2 atom stereocenters. The van der Waals surface area contributed by atoms with Gasteiger partial charge in [-0.15, -0.1) is 11.8 Å². The van der Waals surface area contributed by atoms with E-state index >= 15 is 0 Å². The lowest BCUT2D eigenvalue weighted by molar-refractivity contribution is 0.413. The van der Waals surface area contributed by atoms with Crippen LogP contribution in [0, 0.1) is 0 Å². The fraction of sp³-hybridized carbons (Fsp3) is 0.625. The molecule has 0 spiro atoms. The lowest BCUT2D eigenvalue weighted by atomic mass is 9.96. The fourth-order valence-electron chi connectivity index (χ4n) is 2.77. The number of hydrogen-bond donors (Lipinski definition) is 1. The zero-order valence-electron chi connectivity index (χ0n) is 12.0. The Balaban J connectivity index is 2.04. The zero-order chi connectivity index (χ0) is 13.5. The maximum atomic E-state index is 5.31. The van der Waals surface area contributed by atoms with Crippen LogP contribution >= 0.6 is 11.8 Å². The molecule has 106 valence electrons. The van der Waals surface area contributed by atoms with Gasteiger partial charge in [-0.3, -0.25) is 0 Å². The molecule has 0 amide bonds. The van der Waals surface area contributed by atoms with E-state index in [9.17, 15) is 0 Å². The number of rotatable bonds is 4. The molecule has 0 heterocycles. The van der Waals surface area contributed by atoms with Crippen molar-refractivity contribution in [2.45, 2.75) is 54.7 Å². The van der Waals surface area contributed by atoms with Crippen molar-refractivity contribution >= 4 is 11.8 Å². The van der Waals surface area contributed by atoms with Gasteiger partial charge in [-0.2, -0.15) is 0 Å². The van der Waals surface area contributed by atoms with E-state index in [2.05, 4.69) is 30.6 Å². The van der Waals surface area contributed by atoms with Gasteiger partial charge in [0.25, 0.3) is 0 Å². The Morgan fingerprint density at radius 3 is 2.68 bits per heavy atom. The Labute approximate surface area is 121 Å². The predicted molar refractivity (Wildman–Crippen MR) is 83.2 cm³/mol. The van der Waals surface area contributed by atoms with E-state index in [0.717, 1.165) is 5.75 Å². The van der Waals surface area contributed by atoms with Gasteiger partial charge >= 0.3 is 0 Å². The van der Waals surface area contributed by atoms with Crippen LogP contribution < -0.4 is 10.1 Å². The Hall–Kier alpha value is -0.670. The first kappa shape index (κ1) is 14.7. The van der Waals surface area contributed by atoms with Gasteiger partial charge < -0.3 is 10.1 Å². The van der Waals surface area contributed by atoms with Crippen LogP contribution in [-0.2, 0) is 0 Å². The van der Waals surface area contributed by atoms with Gasteiger partial charge in [-0.1, -0.05) is 31.7 Å². The van der Waals surface area contributed by atoms with Crippen LogP contribution in [0.15, 0.2) is 29.2 Å². The maximum absolute atomic E-state index is 5.31. The van der Waals surface area contributed by atoms with E-state index in [4.69, 9.17) is 4.74 Å². The van der Waals surface area contributed by atoms with E-state index < -0.39 is 0 Å². The van der Waals surface area contributed by atoms with Crippen LogP contribution in [0.3, 0.4) is 0 Å². The van der Waals surface area contributed by atoms with Crippen LogP contribution in [0.5, 0.6) is 5.75 Å². The van der Waals surface area contributed by atoms with E-state index in [1.165, 1.54) is 43.4 Å². The smallest absolute Gasteiger partial charge is 0.119 e. The van der Waals surface area contributed by atoms with Crippen molar-refractivity contribution in [2.75, 3.05) is 14.2 Å². The molecule has 1 N–H and O–H groups in total. The maximum Gasteiger partial charge on any atom is 0.119 e. The molecule has 0 radical (unpaired) electrons. The number of nitrogens with one attached hydrogen (secondary N) is 1. The summed E-state index contributed by atoms with van der Waals surface area (Å²) >= 11 is 2.01. The summed E-state index contributed by atoms with van der Waals surface area (Å²) in [6.07, 6.45) is 8.13. The van der Waals surface area contributed by atoms with Gasteiger partial charge in [-0.25, -0.2) is 0 Å². The first-order valence-electron chi connectivity index (χ1n) is 7.31. The third-order valence-electron chi connectivity index (χ3n) is 3.90. The van der Waals surface area contributed by atoms with E-state index in [1.54, 1.807) is 7.11 Å². The largest absolute Gasteiger partial charge is 0.497 e. The van der Waals surface area contributed by atoms with E-state index in [0.29, 0.717) is 11.3 Å². The molecule has 2 nitrogen and oxygen atoms in total. The van der Waals surface area contributed by atoms with Crippen LogP contribution in [0.4, 0.5) is 0 Å². The van der Waals surface area contributed by atoms with Gasteiger partial charge in [0.1, 0.15) is 5.75 Å². The third kappa shape index (κ3) is 4.43. The average molecular weight is 279 g/mol. The minimum atomic E-state index is 0.636. The minimum absolute atomic E-state index is 0.636. The summed E-state index contributed by atoms with van der Waals surface area (Å²) in [7, 11) is 3.83. The first-order chi connectivity index (χ1) is 9.33. The quantitative estimate of drug-likeness (QED) is 0.896. The highest BCUT2D eigenvalue weighted by atomic mass is 32.2. The molecule has 19 heavy (non-hydrogen) atoms. The van der Waals surface area contributed by atoms with Crippen molar-refractivity contribution in [1.82, 2.24) is 5.32 Å². The molecule has 0 aliphatic heterocycles. The normalized spacial score (nSPS) is 24.5. The van der Waals surface area contributed by atoms with Gasteiger partial charge in [0.15, 0.2) is 0 Å². The van der Waals surface area contributed by atoms with Gasteiger partial charge in [0.2, 0.25) is 0 Å². The molecular formula is C16H25NOS. The van der Waals surface area contributed by atoms with Crippen molar-refractivity contribution in [3.63, 3.8) is 0 Å². The minimum Gasteiger partial charge on any atom is -0.497 e. The van der Waals surface area contributed by atoms with Crippen LogP contribution in [0.1, 0.15) is 38.5 Å². The summed E-state index contributed by atoms with van der Waals surface area (Å²) in [5.74, 6) is 0.955. The molecule has 1 aliphatic carbocycles. The predicted octanol–water partition coefficient (Wildman–Crippen LogP) is 4.10. The third-order valence-corrected chi connectivity index (χ3v) is 5.30. The lowest BCUT2D eigenvalue weighted by Crippen LogP contribution is -2.36.